The van der Waals surface area contributed by atoms with Crippen LogP contribution in [0.3, 0.4) is 0 Å². The number of nitrogens with zero attached hydrogens (tertiary/aromatic N) is 1. The molecule has 0 aliphatic carbocycles. The lowest BCUT2D eigenvalue weighted by atomic mass is 10.0. The van der Waals surface area contributed by atoms with Crippen molar-refractivity contribution >= 4 is 33.6 Å². The minimum Gasteiger partial charge on any atom is -0.303 e. The monoisotopic (exact) mass is 295 g/mol. The summed E-state index contributed by atoms with van der Waals surface area (Å²) in [6.07, 6.45) is 3.41. The summed E-state index contributed by atoms with van der Waals surface area (Å²) < 4.78 is 1.04. The van der Waals surface area contributed by atoms with E-state index in [1.54, 1.807) is 6.20 Å². The molecule has 0 fully saturated rings. The Hall–Kier alpha value is -1.00. The first-order valence-electron chi connectivity index (χ1n) is 4.88. The lowest BCUT2D eigenvalue weighted by Crippen LogP contribution is -2.03. The molecule has 0 saturated heterocycles. The average Bonchev–Trinajstić information content (AvgIpc) is 2.79. The van der Waals surface area contributed by atoms with Crippen LogP contribution in [-0.2, 0) is 11.2 Å². The molecule has 0 aliphatic rings. The second kappa shape index (κ2) is 5.37. The van der Waals surface area contributed by atoms with Crippen molar-refractivity contribution in [1.29, 1.82) is 0 Å². The molecular formula is C12H10BrNOS. The predicted octanol–water partition coefficient (Wildman–Crippen LogP) is 3.43. The number of benzene rings is 1. The van der Waals surface area contributed by atoms with E-state index in [4.69, 9.17) is 0 Å². The molecule has 2 aromatic rings. The molecule has 2 rings (SSSR count). The first-order chi connectivity index (χ1) is 7.79. The fourth-order valence-corrected chi connectivity index (χ4v) is 2.67. The van der Waals surface area contributed by atoms with Crippen LogP contribution in [0.2, 0.25) is 0 Å². The van der Waals surface area contributed by atoms with E-state index in [0.29, 0.717) is 6.42 Å². The Kier molecular flexibility index (Phi) is 3.85. The van der Waals surface area contributed by atoms with Crippen molar-refractivity contribution in [2.45, 2.75) is 12.3 Å². The van der Waals surface area contributed by atoms with Gasteiger partial charge in [-0.25, -0.2) is 4.98 Å². The second-order valence-electron chi connectivity index (χ2n) is 3.45. The van der Waals surface area contributed by atoms with Crippen LogP contribution in [0.25, 0.3) is 0 Å². The summed E-state index contributed by atoms with van der Waals surface area (Å²) in [5.74, 6) is -0.130. The van der Waals surface area contributed by atoms with Gasteiger partial charge in [0.2, 0.25) is 0 Å². The van der Waals surface area contributed by atoms with E-state index in [2.05, 4.69) is 20.9 Å². The Morgan fingerprint density at radius 2 is 2.38 bits per heavy atom. The Morgan fingerprint density at radius 1 is 1.50 bits per heavy atom. The van der Waals surface area contributed by atoms with E-state index in [1.165, 1.54) is 11.3 Å². The normalized spacial score (nSPS) is 12.3. The third kappa shape index (κ3) is 2.77. The Labute approximate surface area is 106 Å². The molecule has 4 heteroatoms. The molecule has 0 aliphatic heterocycles. The van der Waals surface area contributed by atoms with Crippen molar-refractivity contribution in [3.63, 3.8) is 0 Å². The summed E-state index contributed by atoms with van der Waals surface area (Å²) in [5.41, 5.74) is 1.14. The molecule has 0 radical (unpaired) electrons. The maximum atomic E-state index is 11.0. The fourth-order valence-electron chi connectivity index (χ4n) is 1.53. The Morgan fingerprint density at radius 3 is 3.00 bits per heavy atom. The van der Waals surface area contributed by atoms with Crippen LogP contribution in [0.15, 0.2) is 40.3 Å². The number of rotatable bonds is 4. The molecule has 0 spiro atoms. The summed E-state index contributed by atoms with van der Waals surface area (Å²) in [4.78, 5) is 15.2. The minimum absolute atomic E-state index is 0.130. The maximum absolute atomic E-state index is 11.0. The molecule has 82 valence electrons. The molecule has 2 nitrogen and oxygen atoms in total. The lowest BCUT2D eigenvalue weighted by molar-refractivity contribution is -0.109. The van der Waals surface area contributed by atoms with Crippen LogP contribution in [0.5, 0.6) is 0 Å². The van der Waals surface area contributed by atoms with Gasteiger partial charge in [-0.05, 0) is 24.1 Å². The van der Waals surface area contributed by atoms with Crippen molar-refractivity contribution in [2.75, 3.05) is 0 Å². The van der Waals surface area contributed by atoms with Crippen LogP contribution in [0.4, 0.5) is 0 Å². The average molecular weight is 296 g/mol. The van der Waals surface area contributed by atoms with Crippen molar-refractivity contribution in [1.82, 2.24) is 4.98 Å². The highest BCUT2D eigenvalue weighted by Crippen LogP contribution is 2.22. The third-order valence-corrected chi connectivity index (χ3v) is 3.68. The third-order valence-electron chi connectivity index (χ3n) is 2.28. The number of halogens is 1. The van der Waals surface area contributed by atoms with E-state index in [9.17, 15) is 4.79 Å². The molecule has 16 heavy (non-hydrogen) atoms. The number of carbonyl (C=O) groups excluding carboxylic acids is 1. The lowest BCUT2D eigenvalue weighted by Gasteiger charge is -2.07. The first kappa shape index (κ1) is 11.5. The molecule has 0 N–H and O–H groups in total. The van der Waals surface area contributed by atoms with Crippen LogP contribution in [-0.4, -0.2) is 11.3 Å². The SMILES string of the molecule is O=CC(Cc1cccc(Br)c1)c1nccs1. The maximum Gasteiger partial charge on any atom is 0.130 e. The van der Waals surface area contributed by atoms with Gasteiger partial charge in [-0.2, -0.15) is 0 Å². The molecule has 1 aromatic heterocycles. The molecule has 0 bridgehead atoms. The predicted molar refractivity (Wildman–Crippen MR) is 68.8 cm³/mol. The number of aldehydes is 1. The number of aromatic nitrogens is 1. The summed E-state index contributed by atoms with van der Waals surface area (Å²) in [7, 11) is 0. The van der Waals surface area contributed by atoms with Crippen LogP contribution in [0, 0.1) is 0 Å². The summed E-state index contributed by atoms with van der Waals surface area (Å²) in [6, 6.07) is 8.00. The Bertz CT molecular complexity index is 470. The first-order valence-corrected chi connectivity index (χ1v) is 6.56. The van der Waals surface area contributed by atoms with E-state index < -0.39 is 0 Å². The minimum atomic E-state index is -0.130. The molecular weight excluding hydrogens is 286 g/mol. The van der Waals surface area contributed by atoms with Crippen molar-refractivity contribution < 1.29 is 4.79 Å². The quantitative estimate of drug-likeness (QED) is 0.809. The van der Waals surface area contributed by atoms with Gasteiger partial charge in [-0.1, -0.05) is 28.1 Å². The molecule has 1 aromatic carbocycles. The van der Waals surface area contributed by atoms with E-state index in [1.807, 2.05) is 29.6 Å². The standard InChI is InChI=1S/C12H10BrNOS/c13-11-3-1-2-9(7-11)6-10(8-15)12-14-4-5-16-12/h1-5,7-8,10H,6H2. The molecule has 1 unspecified atom stereocenters. The van der Waals surface area contributed by atoms with Crippen LogP contribution >= 0.6 is 27.3 Å². The van der Waals surface area contributed by atoms with Crippen LogP contribution in [0.1, 0.15) is 16.5 Å². The number of carbonyl (C=O) groups is 1. The molecule has 1 atom stereocenters. The van der Waals surface area contributed by atoms with Gasteiger partial charge in [-0.3, -0.25) is 0 Å². The smallest absolute Gasteiger partial charge is 0.130 e. The van der Waals surface area contributed by atoms with Crippen molar-refractivity contribution in [3.8, 4) is 0 Å². The van der Waals surface area contributed by atoms with Gasteiger partial charge in [0.1, 0.15) is 11.3 Å². The van der Waals surface area contributed by atoms with Gasteiger partial charge in [0.25, 0.3) is 0 Å². The zero-order valence-electron chi connectivity index (χ0n) is 8.47. The summed E-state index contributed by atoms with van der Waals surface area (Å²) >= 11 is 4.95. The summed E-state index contributed by atoms with van der Waals surface area (Å²) in [5, 5.41) is 2.78. The topological polar surface area (TPSA) is 30.0 Å². The second-order valence-corrected chi connectivity index (χ2v) is 5.29. The zero-order valence-corrected chi connectivity index (χ0v) is 10.9. The van der Waals surface area contributed by atoms with Gasteiger partial charge < -0.3 is 4.79 Å². The largest absolute Gasteiger partial charge is 0.303 e. The molecule has 0 amide bonds. The van der Waals surface area contributed by atoms with E-state index >= 15 is 0 Å². The van der Waals surface area contributed by atoms with E-state index in [0.717, 1.165) is 21.3 Å². The van der Waals surface area contributed by atoms with Crippen molar-refractivity contribution in [2.24, 2.45) is 0 Å². The summed E-state index contributed by atoms with van der Waals surface area (Å²) in [6.45, 7) is 0. The van der Waals surface area contributed by atoms with E-state index in [-0.39, 0.29) is 5.92 Å². The molecule has 0 saturated carbocycles. The van der Waals surface area contributed by atoms with Crippen molar-refractivity contribution in [3.05, 3.63) is 50.9 Å². The zero-order chi connectivity index (χ0) is 11.4. The number of thiazole rings is 1. The van der Waals surface area contributed by atoms with Gasteiger partial charge in [0, 0.05) is 16.0 Å². The van der Waals surface area contributed by atoms with Gasteiger partial charge in [0.15, 0.2) is 0 Å². The fraction of sp³-hybridized carbons (Fsp3) is 0.167. The van der Waals surface area contributed by atoms with Gasteiger partial charge in [0.05, 0.1) is 5.92 Å². The molecule has 1 heterocycles. The van der Waals surface area contributed by atoms with Crippen LogP contribution < -0.4 is 0 Å². The highest BCUT2D eigenvalue weighted by Gasteiger charge is 2.13. The highest BCUT2D eigenvalue weighted by atomic mass is 79.9. The Balaban J connectivity index is 2.16. The van der Waals surface area contributed by atoms with Gasteiger partial charge in [-0.15, -0.1) is 11.3 Å². The number of hydrogen-bond donors (Lipinski definition) is 0. The highest BCUT2D eigenvalue weighted by molar-refractivity contribution is 9.10. The number of hydrogen-bond acceptors (Lipinski definition) is 3. The van der Waals surface area contributed by atoms with Gasteiger partial charge >= 0.3 is 0 Å².